The molecule has 1 heterocycles. The molecule has 0 aliphatic carbocycles. The summed E-state index contributed by atoms with van der Waals surface area (Å²) in [6, 6.07) is 6.99. The molecule has 0 bridgehead atoms. The summed E-state index contributed by atoms with van der Waals surface area (Å²) in [7, 11) is 3.15. The van der Waals surface area contributed by atoms with Gasteiger partial charge in [0.15, 0.2) is 0 Å². The molecule has 21 heavy (non-hydrogen) atoms. The Bertz CT molecular complexity index is 622. The van der Waals surface area contributed by atoms with Crippen LogP contribution in [-0.2, 0) is 18.4 Å². The maximum Gasteiger partial charge on any atom is 0.338 e. The quantitative estimate of drug-likeness (QED) is 0.763. The highest BCUT2D eigenvalue weighted by molar-refractivity contribution is 5.91. The number of rotatable bonds is 6. The summed E-state index contributed by atoms with van der Waals surface area (Å²) in [5, 5.41) is 4.13. The van der Waals surface area contributed by atoms with Crippen molar-refractivity contribution in [3.8, 4) is 11.6 Å². The fraction of sp³-hybridized carbons (Fsp3) is 0.333. The number of benzene rings is 1. The predicted molar refractivity (Wildman–Crippen MR) is 76.5 cm³/mol. The molecule has 2 rings (SSSR count). The topological polar surface area (TPSA) is 62.6 Å². The second-order valence-electron chi connectivity index (χ2n) is 4.32. The molecule has 112 valence electrons. The van der Waals surface area contributed by atoms with E-state index in [1.165, 1.54) is 7.11 Å². The molecular formula is C15H18N2O4. The normalized spacial score (nSPS) is 10.2. The molecule has 0 spiro atoms. The van der Waals surface area contributed by atoms with E-state index in [1.54, 1.807) is 42.2 Å². The van der Waals surface area contributed by atoms with Crippen molar-refractivity contribution >= 4 is 5.97 Å². The Kier molecular flexibility index (Phi) is 4.81. The highest BCUT2D eigenvalue weighted by Gasteiger charge is 2.17. The minimum atomic E-state index is -0.420. The summed E-state index contributed by atoms with van der Waals surface area (Å²) in [5.41, 5.74) is 1.08. The lowest BCUT2D eigenvalue weighted by molar-refractivity contribution is 0.0597. The number of esters is 1. The fourth-order valence-corrected chi connectivity index (χ4v) is 1.92. The molecule has 0 saturated heterocycles. The van der Waals surface area contributed by atoms with Gasteiger partial charge < -0.3 is 14.2 Å². The van der Waals surface area contributed by atoms with Crippen LogP contribution in [-0.4, -0.2) is 29.5 Å². The maximum absolute atomic E-state index is 11.9. The molecule has 1 aromatic carbocycles. The number of ether oxygens (including phenoxy) is 3. The van der Waals surface area contributed by atoms with Gasteiger partial charge in [0.1, 0.15) is 12.4 Å². The van der Waals surface area contributed by atoms with Crippen LogP contribution in [0.4, 0.5) is 0 Å². The van der Waals surface area contributed by atoms with Crippen molar-refractivity contribution < 1.29 is 19.0 Å². The summed E-state index contributed by atoms with van der Waals surface area (Å²) in [6.07, 6.45) is 1.78. The Hall–Kier alpha value is -2.50. The van der Waals surface area contributed by atoms with Crippen molar-refractivity contribution in [3.05, 3.63) is 41.6 Å². The lowest BCUT2D eigenvalue weighted by atomic mass is 10.1. The van der Waals surface area contributed by atoms with Crippen LogP contribution in [0.3, 0.4) is 0 Å². The van der Waals surface area contributed by atoms with Crippen LogP contribution in [0.5, 0.6) is 11.6 Å². The van der Waals surface area contributed by atoms with Gasteiger partial charge in [-0.15, -0.1) is 5.10 Å². The Morgan fingerprint density at radius 3 is 2.71 bits per heavy atom. The van der Waals surface area contributed by atoms with Crippen molar-refractivity contribution in [2.75, 3.05) is 13.7 Å². The monoisotopic (exact) mass is 290 g/mol. The summed E-state index contributed by atoms with van der Waals surface area (Å²) in [5.74, 6) is 0.673. The lowest BCUT2D eigenvalue weighted by Gasteiger charge is -2.13. The Balaban J connectivity index is 2.27. The number of aryl methyl sites for hydroxylation is 1. The van der Waals surface area contributed by atoms with Gasteiger partial charge >= 0.3 is 5.97 Å². The molecule has 0 saturated carbocycles. The zero-order valence-electron chi connectivity index (χ0n) is 12.3. The van der Waals surface area contributed by atoms with E-state index in [9.17, 15) is 4.79 Å². The van der Waals surface area contributed by atoms with E-state index in [1.807, 2.05) is 6.92 Å². The predicted octanol–water partition coefficient (Wildman–Crippen LogP) is 2.18. The zero-order chi connectivity index (χ0) is 15.2. The van der Waals surface area contributed by atoms with Gasteiger partial charge in [-0.3, -0.25) is 4.68 Å². The van der Waals surface area contributed by atoms with Gasteiger partial charge in [-0.2, -0.15) is 0 Å². The summed E-state index contributed by atoms with van der Waals surface area (Å²) >= 11 is 0. The molecule has 6 heteroatoms. The van der Waals surface area contributed by atoms with Gasteiger partial charge in [0.25, 0.3) is 0 Å². The molecule has 0 atom stereocenters. The van der Waals surface area contributed by atoms with Crippen molar-refractivity contribution in [1.29, 1.82) is 0 Å². The van der Waals surface area contributed by atoms with Crippen molar-refractivity contribution in [3.63, 3.8) is 0 Å². The zero-order valence-corrected chi connectivity index (χ0v) is 12.3. The standard InChI is InChI=1S/C15H18N2O4/c1-4-20-13-7-5-6-11(15(18)19-3)12(13)10-21-14-8-9-17(2)16-14/h5-9H,4,10H2,1-3H3. The molecular weight excluding hydrogens is 272 g/mol. The first-order valence-electron chi connectivity index (χ1n) is 6.61. The first-order chi connectivity index (χ1) is 10.2. The van der Waals surface area contributed by atoms with Gasteiger partial charge in [-0.05, 0) is 19.1 Å². The Labute approximate surface area is 123 Å². The molecule has 0 aliphatic heterocycles. The molecule has 0 fully saturated rings. The van der Waals surface area contributed by atoms with Crippen LogP contribution in [0.25, 0.3) is 0 Å². The second kappa shape index (κ2) is 6.78. The third-order valence-electron chi connectivity index (χ3n) is 2.89. The van der Waals surface area contributed by atoms with Gasteiger partial charge in [0.05, 0.1) is 19.3 Å². The van der Waals surface area contributed by atoms with Crippen molar-refractivity contribution in [2.45, 2.75) is 13.5 Å². The Morgan fingerprint density at radius 1 is 1.29 bits per heavy atom. The van der Waals surface area contributed by atoms with Crippen molar-refractivity contribution in [1.82, 2.24) is 9.78 Å². The van der Waals surface area contributed by atoms with Crippen LogP contribution >= 0.6 is 0 Å². The number of aromatic nitrogens is 2. The molecule has 0 aliphatic rings. The molecule has 0 unspecified atom stereocenters. The van der Waals surface area contributed by atoms with E-state index in [-0.39, 0.29) is 6.61 Å². The fourth-order valence-electron chi connectivity index (χ4n) is 1.92. The van der Waals surface area contributed by atoms with Crippen LogP contribution in [0.15, 0.2) is 30.5 Å². The minimum absolute atomic E-state index is 0.178. The molecule has 1 aromatic heterocycles. The minimum Gasteiger partial charge on any atom is -0.493 e. The number of carbonyl (C=O) groups is 1. The van der Waals surface area contributed by atoms with E-state index in [2.05, 4.69) is 5.10 Å². The molecule has 6 nitrogen and oxygen atoms in total. The van der Waals surface area contributed by atoms with Crippen LogP contribution in [0.1, 0.15) is 22.8 Å². The number of methoxy groups -OCH3 is 1. The number of hydrogen-bond donors (Lipinski definition) is 0. The van der Waals surface area contributed by atoms with Gasteiger partial charge in [0.2, 0.25) is 5.88 Å². The van der Waals surface area contributed by atoms with Crippen LogP contribution in [0, 0.1) is 0 Å². The van der Waals surface area contributed by atoms with E-state index in [4.69, 9.17) is 14.2 Å². The number of carbonyl (C=O) groups excluding carboxylic acids is 1. The van der Waals surface area contributed by atoms with Crippen molar-refractivity contribution in [2.24, 2.45) is 7.05 Å². The molecule has 0 amide bonds. The van der Waals surface area contributed by atoms with Gasteiger partial charge in [-0.25, -0.2) is 4.79 Å². The highest BCUT2D eigenvalue weighted by Crippen LogP contribution is 2.25. The third-order valence-corrected chi connectivity index (χ3v) is 2.89. The first kappa shape index (κ1) is 14.9. The van der Waals surface area contributed by atoms with Crippen LogP contribution < -0.4 is 9.47 Å². The second-order valence-corrected chi connectivity index (χ2v) is 4.32. The molecule has 0 N–H and O–H groups in total. The summed E-state index contributed by atoms with van der Waals surface area (Å²) in [6.45, 7) is 2.56. The average Bonchev–Trinajstić information content (AvgIpc) is 2.91. The maximum atomic E-state index is 11.9. The number of nitrogens with zero attached hydrogens (tertiary/aromatic N) is 2. The average molecular weight is 290 g/mol. The third kappa shape index (κ3) is 3.53. The van der Waals surface area contributed by atoms with Crippen LogP contribution in [0.2, 0.25) is 0 Å². The first-order valence-corrected chi connectivity index (χ1v) is 6.61. The highest BCUT2D eigenvalue weighted by atomic mass is 16.5. The number of hydrogen-bond acceptors (Lipinski definition) is 5. The SMILES string of the molecule is CCOc1cccc(C(=O)OC)c1COc1ccn(C)n1. The van der Waals surface area contributed by atoms with Gasteiger partial charge in [0, 0.05) is 24.9 Å². The molecule has 2 aromatic rings. The van der Waals surface area contributed by atoms with E-state index in [0.29, 0.717) is 29.4 Å². The van der Waals surface area contributed by atoms with E-state index in [0.717, 1.165) is 0 Å². The van der Waals surface area contributed by atoms with E-state index < -0.39 is 5.97 Å². The smallest absolute Gasteiger partial charge is 0.338 e. The van der Waals surface area contributed by atoms with Gasteiger partial charge in [-0.1, -0.05) is 6.07 Å². The largest absolute Gasteiger partial charge is 0.493 e. The van der Waals surface area contributed by atoms with E-state index >= 15 is 0 Å². The summed E-state index contributed by atoms with van der Waals surface area (Å²) < 4.78 is 17.6. The summed E-state index contributed by atoms with van der Waals surface area (Å²) in [4.78, 5) is 11.9. The lowest BCUT2D eigenvalue weighted by Crippen LogP contribution is -2.10. The molecule has 0 radical (unpaired) electrons. The Morgan fingerprint density at radius 2 is 2.10 bits per heavy atom.